The Balaban J connectivity index is 1.46. The van der Waals surface area contributed by atoms with Gasteiger partial charge in [-0.25, -0.2) is 0 Å². The first kappa shape index (κ1) is 21.4. The number of fused-ring (bicyclic) bond motifs is 5. The van der Waals surface area contributed by atoms with Crippen molar-refractivity contribution in [2.24, 2.45) is 46.3 Å². The van der Waals surface area contributed by atoms with Crippen molar-refractivity contribution in [3.63, 3.8) is 0 Å². The Labute approximate surface area is 177 Å². The first-order valence-corrected chi connectivity index (χ1v) is 12.5. The average Bonchev–Trinajstić information content (AvgIpc) is 3.04. The van der Waals surface area contributed by atoms with Crippen LogP contribution in [0.1, 0.15) is 98.3 Å². The number of hydrogen-bond acceptors (Lipinski definition) is 3. The highest BCUT2D eigenvalue weighted by molar-refractivity contribution is 5.79. The lowest BCUT2D eigenvalue weighted by molar-refractivity contribution is -0.144. The summed E-state index contributed by atoms with van der Waals surface area (Å²) >= 11 is 0. The van der Waals surface area contributed by atoms with Gasteiger partial charge in [0, 0.05) is 19.3 Å². The summed E-state index contributed by atoms with van der Waals surface area (Å²) in [5, 5.41) is 0. The Hall–Kier alpha value is -0.860. The maximum Gasteiger partial charge on any atom is 0.305 e. The second-order valence-corrected chi connectivity index (χ2v) is 11.4. The molecule has 0 aliphatic heterocycles. The van der Waals surface area contributed by atoms with Gasteiger partial charge in [-0.3, -0.25) is 9.59 Å². The van der Waals surface area contributed by atoms with E-state index in [2.05, 4.69) is 20.8 Å². The predicted octanol–water partition coefficient (Wildman–Crippen LogP) is 6.19. The molecule has 0 heterocycles. The monoisotopic (exact) mass is 402 g/mol. The van der Waals surface area contributed by atoms with Gasteiger partial charge in [0.15, 0.2) is 0 Å². The van der Waals surface area contributed by atoms with Crippen LogP contribution in [0.5, 0.6) is 0 Å². The lowest BCUT2D eigenvalue weighted by Gasteiger charge is -2.60. The van der Waals surface area contributed by atoms with Gasteiger partial charge in [-0.05, 0) is 105 Å². The van der Waals surface area contributed by atoms with Crippen molar-refractivity contribution in [2.75, 3.05) is 6.61 Å². The van der Waals surface area contributed by atoms with E-state index in [9.17, 15) is 9.59 Å². The Morgan fingerprint density at radius 2 is 1.83 bits per heavy atom. The normalized spacial score (nSPS) is 45.1. The molecule has 0 aromatic carbocycles. The van der Waals surface area contributed by atoms with E-state index in [1.807, 2.05) is 6.92 Å². The molecule has 0 aromatic heterocycles. The summed E-state index contributed by atoms with van der Waals surface area (Å²) in [6, 6.07) is 0. The van der Waals surface area contributed by atoms with E-state index < -0.39 is 0 Å². The molecule has 4 rings (SSSR count). The van der Waals surface area contributed by atoms with E-state index >= 15 is 0 Å². The van der Waals surface area contributed by atoms with Crippen molar-refractivity contribution in [2.45, 2.75) is 98.3 Å². The Morgan fingerprint density at radius 3 is 2.59 bits per heavy atom. The second-order valence-electron chi connectivity index (χ2n) is 11.4. The third-order valence-electron chi connectivity index (χ3n) is 10.4. The Morgan fingerprint density at radius 1 is 1.07 bits per heavy atom. The predicted molar refractivity (Wildman–Crippen MR) is 115 cm³/mol. The van der Waals surface area contributed by atoms with Crippen LogP contribution in [0.15, 0.2) is 0 Å². The molecule has 0 unspecified atom stereocenters. The van der Waals surface area contributed by atoms with Gasteiger partial charge >= 0.3 is 5.97 Å². The minimum atomic E-state index is -0.0270. The van der Waals surface area contributed by atoms with Crippen molar-refractivity contribution in [1.82, 2.24) is 0 Å². The molecule has 4 fully saturated rings. The third-order valence-corrected chi connectivity index (χ3v) is 10.4. The number of rotatable bonds is 5. The van der Waals surface area contributed by atoms with Gasteiger partial charge in [-0.15, -0.1) is 0 Å². The maximum atomic E-state index is 12.1. The maximum absolute atomic E-state index is 12.1. The lowest BCUT2D eigenvalue weighted by atomic mass is 9.44. The summed E-state index contributed by atoms with van der Waals surface area (Å²) < 4.78 is 5.16. The van der Waals surface area contributed by atoms with E-state index in [0.717, 1.165) is 49.4 Å². The lowest BCUT2D eigenvalue weighted by Crippen LogP contribution is -2.53. The number of hydrogen-bond donors (Lipinski definition) is 0. The zero-order valence-electron chi connectivity index (χ0n) is 19.2. The third kappa shape index (κ3) is 3.59. The molecule has 0 amide bonds. The van der Waals surface area contributed by atoms with Gasteiger partial charge in [-0.2, -0.15) is 0 Å². The van der Waals surface area contributed by atoms with Gasteiger partial charge in [0.25, 0.3) is 0 Å². The summed E-state index contributed by atoms with van der Waals surface area (Å²) in [5.41, 5.74) is 0.856. The molecule has 4 saturated carbocycles. The van der Waals surface area contributed by atoms with Crippen LogP contribution in [0.4, 0.5) is 0 Å². The summed E-state index contributed by atoms with van der Waals surface area (Å²) in [5.74, 6) is 5.04. The van der Waals surface area contributed by atoms with Crippen LogP contribution >= 0.6 is 0 Å². The summed E-state index contributed by atoms with van der Waals surface area (Å²) in [4.78, 5) is 23.9. The van der Waals surface area contributed by atoms with Gasteiger partial charge in [-0.1, -0.05) is 20.8 Å². The Bertz CT molecular complexity index is 642. The van der Waals surface area contributed by atoms with E-state index in [-0.39, 0.29) is 5.97 Å². The van der Waals surface area contributed by atoms with Gasteiger partial charge < -0.3 is 4.74 Å². The molecule has 164 valence electrons. The number of ketones is 1. The fraction of sp³-hybridized carbons (Fsp3) is 0.923. The van der Waals surface area contributed by atoms with E-state index in [0.29, 0.717) is 41.5 Å². The first-order chi connectivity index (χ1) is 13.8. The second kappa shape index (κ2) is 8.00. The van der Waals surface area contributed by atoms with Crippen molar-refractivity contribution in [1.29, 1.82) is 0 Å². The van der Waals surface area contributed by atoms with Crippen molar-refractivity contribution >= 4 is 11.8 Å². The molecule has 0 bridgehead atoms. The molecule has 0 radical (unpaired) electrons. The summed E-state index contributed by atoms with van der Waals surface area (Å²) in [6.07, 6.45) is 12.4. The molecule has 0 aromatic rings. The van der Waals surface area contributed by atoms with Crippen LogP contribution in [0, 0.1) is 46.3 Å². The van der Waals surface area contributed by atoms with Gasteiger partial charge in [0.05, 0.1) is 6.61 Å². The molecule has 29 heavy (non-hydrogen) atoms. The fourth-order valence-electron chi connectivity index (χ4n) is 8.80. The average molecular weight is 403 g/mol. The molecule has 4 aliphatic carbocycles. The molecule has 0 saturated heterocycles. The standard InChI is InChI=1S/C26H42O3/c1-5-29-24(28)11-6-17(2)21-9-10-22-20-8-7-18-16-19(27)12-14-25(18,3)23(20)13-15-26(21,22)4/h17-18,20-23H,5-16H2,1-4H3/t17-,18-,20+,21-,22+,23+,25+,26-/m1/s1. The van der Waals surface area contributed by atoms with Crippen LogP contribution in [0.2, 0.25) is 0 Å². The molecule has 8 atom stereocenters. The van der Waals surface area contributed by atoms with Crippen LogP contribution in [-0.2, 0) is 14.3 Å². The number of ether oxygens (including phenoxy) is 1. The van der Waals surface area contributed by atoms with E-state index in [1.54, 1.807) is 0 Å². The van der Waals surface area contributed by atoms with Crippen LogP contribution in [-0.4, -0.2) is 18.4 Å². The molecule has 0 spiro atoms. The van der Waals surface area contributed by atoms with Gasteiger partial charge in [0.1, 0.15) is 5.78 Å². The number of carbonyl (C=O) groups is 2. The number of Topliss-reactive ketones (excluding diaryl/α,β-unsaturated/α-hetero) is 1. The quantitative estimate of drug-likeness (QED) is 0.515. The van der Waals surface area contributed by atoms with Crippen LogP contribution < -0.4 is 0 Å². The molecule has 3 heteroatoms. The highest BCUT2D eigenvalue weighted by atomic mass is 16.5. The van der Waals surface area contributed by atoms with Crippen molar-refractivity contribution in [3.05, 3.63) is 0 Å². The molecule has 3 nitrogen and oxygen atoms in total. The zero-order valence-corrected chi connectivity index (χ0v) is 19.2. The van der Waals surface area contributed by atoms with Crippen LogP contribution in [0.3, 0.4) is 0 Å². The Kier molecular flexibility index (Phi) is 5.90. The SMILES string of the molecule is CCOC(=O)CC[C@@H](C)[C@H]1CC[C@H]2[C@@H]3CC[C@@H]4CC(=O)CC[C@]4(C)[C@H]3CC[C@]12C. The molecular weight excluding hydrogens is 360 g/mol. The topological polar surface area (TPSA) is 43.4 Å². The fourth-order valence-corrected chi connectivity index (χ4v) is 8.80. The smallest absolute Gasteiger partial charge is 0.305 e. The highest BCUT2D eigenvalue weighted by Crippen LogP contribution is 2.68. The minimum Gasteiger partial charge on any atom is -0.466 e. The van der Waals surface area contributed by atoms with Crippen molar-refractivity contribution < 1.29 is 14.3 Å². The largest absolute Gasteiger partial charge is 0.466 e. The summed E-state index contributed by atoms with van der Waals surface area (Å²) in [6.45, 7) is 9.89. The first-order valence-electron chi connectivity index (χ1n) is 12.5. The van der Waals surface area contributed by atoms with Crippen molar-refractivity contribution in [3.8, 4) is 0 Å². The molecule has 0 N–H and O–H groups in total. The highest BCUT2D eigenvalue weighted by Gasteiger charge is 2.60. The minimum absolute atomic E-state index is 0.0270. The number of carbonyl (C=O) groups excluding carboxylic acids is 2. The molecule has 4 aliphatic rings. The number of esters is 1. The van der Waals surface area contributed by atoms with E-state index in [1.165, 1.54) is 38.5 Å². The van der Waals surface area contributed by atoms with Gasteiger partial charge in [0.2, 0.25) is 0 Å². The zero-order chi connectivity index (χ0) is 20.8. The molecular formula is C26H42O3. The van der Waals surface area contributed by atoms with E-state index in [4.69, 9.17) is 4.74 Å². The van der Waals surface area contributed by atoms with Crippen LogP contribution in [0.25, 0.3) is 0 Å². The summed E-state index contributed by atoms with van der Waals surface area (Å²) in [7, 11) is 0.